The molecule has 5 nitrogen and oxygen atoms in total. The number of esters is 1. The number of alkyl halides is 3. The molecule has 10 heteroatoms. The summed E-state index contributed by atoms with van der Waals surface area (Å²) in [7, 11) is 1.18. The van der Waals surface area contributed by atoms with Crippen LogP contribution in [0.15, 0.2) is 12.1 Å². The Morgan fingerprint density at radius 1 is 1.33 bits per heavy atom. The third-order valence-electron chi connectivity index (χ3n) is 3.27. The van der Waals surface area contributed by atoms with Crippen molar-refractivity contribution in [2.45, 2.75) is 19.5 Å². The fraction of sp³-hybridized carbons (Fsp3) is 0.286. The molecule has 2 rings (SSSR count). The molecule has 1 heterocycles. The maximum absolute atomic E-state index is 12.8. The monoisotopic (exact) mass is 381 g/mol. The third-order valence-corrected chi connectivity index (χ3v) is 3.85. The van der Waals surface area contributed by atoms with Crippen LogP contribution in [-0.2, 0) is 17.3 Å². The predicted octanol–water partition coefficient (Wildman–Crippen LogP) is 4.13. The van der Waals surface area contributed by atoms with Gasteiger partial charge < -0.3 is 10.5 Å². The number of nitrogens with two attached hydrogens (primary N) is 1. The van der Waals surface area contributed by atoms with Crippen LogP contribution in [0.5, 0.6) is 0 Å². The highest BCUT2D eigenvalue weighted by atomic mass is 35.5. The van der Waals surface area contributed by atoms with Gasteiger partial charge in [0.1, 0.15) is 17.1 Å². The van der Waals surface area contributed by atoms with E-state index in [2.05, 4.69) is 9.84 Å². The van der Waals surface area contributed by atoms with Crippen molar-refractivity contribution in [2.24, 2.45) is 0 Å². The predicted molar refractivity (Wildman–Crippen MR) is 83.7 cm³/mol. The van der Waals surface area contributed by atoms with E-state index in [-0.39, 0.29) is 27.1 Å². The molecule has 1 aromatic carbocycles. The van der Waals surface area contributed by atoms with Gasteiger partial charge in [0.05, 0.1) is 28.4 Å². The van der Waals surface area contributed by atoms with Crippen LogP contribution in [0.2, 0.25) is 10.0 Å². The first-order chi connectivity index (χ1) is 11.1. The summed E-state index contributed by atoms with van der Waals surface area (Å²) < 4.78 is 44.1. The molecular weight excluding hydrogens is 370 g/mol. The number of ether oxygens (including phenoxy) is 1. The number of rotatable bonds is 3. The summed E-state index contributed by atoms with van der Waals surface area (Å²) in [5, 5.41) is 3.52. The summed E-state index contributed by atoms with van der Waals surface area (Å²) in [5.41, 5.74) is 5.19. The molecule has 0 aliphatic heterocycles. The molecule has 24 heavy (non-hydrogen) atoms. The molecule has 130 valence electrons. The number of anilines is 1. The molecule has 2 aromatic rings. The SMILES string of the molecule is CCc1nn(-c2c(Cl)cc(C(F)(F)F)cc2Cl)c(N)c1C(=O)OC. The van der Waals surface area contributed by atoms with Crippen molar-refractivity contribution in [3.05, 3.63) is 39.0 Å². The Morgan fingerprint density at radius 3 is 2.29 bits per heavy atom. The van der Waals surface area contributed by atoms with E-state index in [0.29, 0.717) is 24.2 Å². The molecule has 0 aliphatic carbocycles. The van der Waals surface area contributed by atoms with Crippen LogP contribution >= 0.6 is 23.2 Å². The lowest BCUT2D eigenvalue weighted by Gasteiger charge is -2.13. The van der Waals surface area contributed by atoms with Gasteiger partial charge in [0.15, 0.2) is 0 Å². The van der Waals surface area contributed by atoms with Gasteiger partial charge in [0.2, 0.25) is 0 Å². The summed E-state index contributed by atoms with van der Waals surface area (Å²) in [6.45, 7) is 1.73. The van der Waals surface area contributed by atoms with Gasteiger partial charge >= 0.3 is 12.1 Å². The molecular formula is C14H12Cl2F3N3O2. The van der Waals surface area contributed by atoms with E-state index in [9.17, 15) is 18.0 Å². The van der Waals surface area contributed by atoms with Gasteiger partial charge in [-0.25, -0.2) is 9.48 Å². The Bertz CT molecular complexity index is 780. The Hall–Kier alpha value is -1.93. The quantitative estimate of drug-likeness (QED) is 0.811. The second-order valence-electron chi connectivity index (χ2n) is 4.75. The molecule has 0 atom stereocenters. The molecule has 1 aromatic heterocycles. The smallest absolute Gasteiger partial charge is 0.416 e. The van der Waals surface area contributed by atoms with E-state index in [1.54, 1.807) is 6.92 Å². The van der Waals surface area contributed by atoms with Crippen molar-refractivity contribution in [3.63, 3.8) is 0 Å². The summed E-state index contributed by atoms with van der Waals surface area (Å²) in [5.74, 6) is -0.836. The number of carbonyl (C=O) groups excluding carboxylic acids is 1. The van der Waals surface area contributed by atoms with Crippen LogP contribution in [-0.4, -0.2) is 22.9 Å². The number of carbonyl (C=O) groups is 1. The van der Waals surface area contributed by atoms with Crippen molar-refractivity contribution in [2.75, 3.05) is 12.8 Å². The zero-order valence-corrected chi connectivity index (χ0v) is 14.1. The largest absolute Gasteiger partial charge is 0.465 e. The number of hydrogen-bond donors (Lipinski definition) is 1. The topological polar surface area (TPSA) is 70.1 Å². The normalized spacial score (nSPS) is 11.6. The first-order valence-corrected chi connectivity index (χ1v) is 7.39. The minimum Gasteiger partial charge on any atom is -0.465 e. The highest BCUT2D eigenvalue weighted by Gasteiger charge is 2.33. The van der Waals surface area contributed by atoms with Crippen LogP contribution < -0.4 is 5.73 Å². The standard InChI is InChI=1S/C14H12Cl2F3N3O2/c1-3-9-10(13(23)24-2)12(20)22(21-9)11-7(15)4-6(5-8(11)16)14(17,18)19/h4-5H,3,20H2,1-2H3. The fourth-order valence-electron chi connectivity index (χ4n) is 2.15. The molecule has 0 bridgehead atoms. The number of benzene rings is 1. The fourth-order valence-corrected chi connectivity index (χ4v) is 2.80. The van der Waals surface area contributed by atoms with Crippen LogP contribution in [0.1, 0.15) is 28.5 Å². The van der Waals surface area contributed by atoms with Crippen molar-refractivity contribution < 1.29 is 22.7 Å². The Balaban J connectivity index is 2.70. The third kappa shape index (κ3) is 3.16. The lowest BCUT2D eigenvalue weighted by molar-refractivity contribution is -0.137. The van der Waals surface area contributed by atoms with Crippen LogP contribution in [0.4, 0.5) is 19.0 Å². The van der Waals surface area contributed by atoms with E-state index in [1.807, 2.05) is 0 Å². The van der Waals surface area contributed by atoms with Gasteiger partial charge in [0, 0.05) is 0 Å². The summed E-state index contributed by atoms with van der Waals surface area (Å²) in [6, 6.07) is 1.43. The van der Waals surface area contributed by atoms with Crippen molar-refractivity contribution in [3.8, 4) is 5.69 Å². The first-order valence-electron chi connectivity index (χ1n) is 6.64. The molecule has 0 aliphatic rings. The maximum atomic E-state index is 12.8. The highest BCUT2D eigenvalue weighted by Crippen LogP contribution is 2.38. The van der Waals surface area contributed by atoms with Gasteiger partial charge in [-0.1, -0.05) is 30.1 Å². The molecule has 0 fully saturated rings. The number of hydrogen-bond acceptors (Lipinski definition) is 4. The van der Waals surface area contributed by atoms with Gasteiger partial charge in [0.25, 0.3) is 0 Å². The van der Waals surface area contributed by atoms with E-state index in [1.165, 1.54) is 7.11 Å². The van der Waals surface area contributed by atoms with Crippen LogP contribution in [0.25, 0.3) is 5.69 Å². The number of nitrogen functional groups attached to an aromatic ring is 1. The zero-order valence-electron chi connectivity index (χ0n) is 12.5. The Morgan fingerprint density at radius 2 is 1.88 bits per heavy atom. The van der Waals surface area contributed by atoms with Gasteiger partial charge in [-0.05, 0) is 18.6 Å². The number of aryl methyl sites for hydroxylation is 1. The minimum atomic E-state index is -4.60. The van der Waals surface area contributed by atoms with Crippen molar-refractivity contribution >= 4 is 35.0 Å². The van der Waals surface area contributed by atoms with Crippen LogP contribution in [0.3, 0.4) is 0 Å². The lowest BCUT2D eigenvalue weighted by Crippen LogP contribution is -2.10. The number of methoxy groups -OCH3 is 1. The average molecular weight is 382 g/mol. The van der Waals surface area contributed by atoms with Crippen molar-refractivity contribution in [1.82, 2.24) is 9.78 Å². The zero-order chi connectivity index (χ0) is 18.2. The van der Waals surface area contributed by atoms with Crippen LogP contribution in [0, 0.1) is 0 Å². The molecule has 0 radical (unpaired) electrons. The molecule has 0 amide bonds. The van der Waals surface area contributed by atoms with Gasteiger partial charge in [-0.2, -0.15) is 18.3 Å². The number of aromatic nitrogens is 2. The average Bonchev–Trinajstić information content (AvgIpc) is 2.81. The molecule has 0 saturated carbocycles. The van der Waals surface area contributed by atoms with Crippen molar-refractivity contribution in [1.29, 1.82) is 0 Å². The Kier molecular flexibility index (Phi) is 5.00. The highest BCUT2D eigenvalue weighted by molar-refractivity contribution is 6.38. The molecule has 2 N–H and O–H groups in total. The minimum absolute atomic E-state index is 0.0204. The second-order valence-corrected chi connectivity index (χ2v) is 5.56. The molecule has 0 saturated heterocycles. The van der Waals surface area contributed by atoms with Gasteiger partial charge in [-0.15, -0.1) is 0 Å². The summed E-state index contributed by atoms with van der Waals surface area (Å²) in [4.78, 5) is 11.8. The number of nitrogens with zero attached hydrogens (tertiary/aromatic N) is 2. The first kappa shape index (κ1) is 18.4. The van der Waals surface area contributed by atoms with Gasteiger partial charge in [-0.3, -0.25) is 0 Å². The van der Waals surface area contributed by atoms with E-state index in [4.69, 9.17) is 28.9 Å². The van der Waals surface area contributed by atoms with E-state index < -0.39 is 17.7 Å². The maximum Gasteiger partial charge on any atom is 0.416 e. The Labute approximate surface area is 145 Å². The van der Waals surface area contributed by atoms with E-state index >= 15 is 0 Å². The molecule has 0 unspecified atom stereocenters. The summed E-state index contributed by atoms with van der Waals surface area (Å²) in [6.07, 6.45) is -4.26. The van der Waals surface area contributed by atoms with E-state index in [0.717, 1.165) is 4.68 Å². The molecule has 0 spiro atoms. The second kappa shape index (κ2) is 6.52. The summed E-state index contributed by atoms with van der Waals surface area (Å²) >= 11 is 11.9. The number of halogens is 5. The lowest BCUT2D eigenvalue weighted by atomic mass is 10.2.